The summed E-state index contributed by atoms with van der Waals surface area (Å²) in [6.45, 7) is 6.01. The molecule has 0 saturated carbocycles. The molecule has 0 fully saturated rings. The highest BCUT2D eigenvalue weighted by Gasteiger charge is 2.09. The molecule has 2 aromatic rings. The lowest BCUT2D eigenvalue weighted by Gasteiger charge is -2.04. The van der Waals surface area contributed by atoms with Gasteiger partial charge in [0.15, 0.2) is 5.78 Å². The van der Waals surface area contributed by atoms with Crippen LogP contribution in [0.5, 0.6) is 0 Å². The summed E-state index contributed by atoms with van der Waals surface area (Å²) in [5.74, 6) is -0.0956. The maximum absolute atomic E-state index is 11.5. The first-order valence-electron chi connectivity index (χ1n) is 9.32. The Morgan fingerprint density at radius 1 is 1.22 bits per heavy atom. The van der Waals surface area contributed by atoms with E-state index in [0.717, 1.165) is 12.7 Å². The van der Waals surface area contributed by atoms with Crippen molar-refractivity contribution in [1.29, 1.82) is 0 Å². The maximum atomic E-state index is 11.5. The van der Waals surface area contributed by atoms with Gasteiger partial charge in [0.2, 0.25) is 0 Å². The Labute approximate surface area is 161 Å². The molecular weight excluding hydrogens is 338 g/mol. The van der Waals surface area contributed by atoms with Crippen LogP contribution in [0, 0.1) is 0 Å². The minimum Gasteiger partial charge on any atom is -0.392 e. The fraction of sp³-hybridized carbons (Fsp3) is 0.304. The largest absolute Gasteiger partial charge is 0.392 e. The number of rotatable bonds is 5. The summed E-state index contributed by atoms with van der Waals surface area (Å²) in [7, 11) is 0. The highest BCUT2D eigenvalue weighted by atomic mass is 16.3. The van der Waals surface area contributed by atoms with Crippen LogP contribution in [-0.4, -0.2) is 22.2 Å². The molecule has 0 radical (unpaired) electrons. The van der Waals surface area contributed by atoms with Gasteiger partial charge in [-0.05, 0) is 36.6 Å². The third-order valence-electron chi connectivity index (χ3n) is 3.92. The number of fused-ring (bicyclic) bond motifs is 1. The van der Waals surface area contributed by atoms with Gasteiger partial charge in [-0.25, -0.2) is 0 Å². The Kier molecular flexibility index (Phi) is 10.4. The first kappa shape index (κ1) is 22.3. The second kappa shape index (κ2) is 12.6. The predicted octanol–water partition coefficient (Wildman–Crippen LogP) is 5.20. The quantitative estimate of drug-likeness (QED) is 0.563. The summed E-state index contributed by atoms with van der Waals surface area (Å²) in [4.78, 5) is 24.8. The molecule has 1 aromatic carbocycles. The van der Waals surface area contributed by atoms with E-state index in [2.05, 4.69) is 36.2 Å². The fourth-order valence-corrected chi connectivity index (χ4v) is 2.61. The van der Waals surface area contributed by atoms with Crippen molar-refractivity contribution in [3.63, 3.8) is 0 Å². The van der Waals surface area contributed by atoms with Crippen LogP contribution in [0.2, 0.25) is 0 Å². The molecule has 0 spiro atoms. The highest BCUT2D eigenvalue weighted by Crippen LogP contribution is 2.19. The summed E-state index contributed by atoms with van der Waals surface area (Å²) in [5, 5.41) is 8.97. The molecule has 1 heterocycles. The van der Waals surface area contributed by atoms with Crippen LogP contribution < -0.4 is 0 Å². The van der Waals surface area contributed by atoms with E-state index in [4.69, 9.17) is 5.11 Å². The Hall–Kier alpha value is -2.72. The lowest BCUT2D eigenvalue weighted by molar-refractivity contribution is -0.107. The molecule has 4 heteroatoms. The van der Waals surface area contributed by atoms with Crippen molar-refractivity contribution >= 4 is 24.2 Å². The van der Waals surface area contributed by atoms with E-state index in [-0.39, 0.29) is 25.2 Å². The molecule has 4 nitrogen and oxygen atoms in total. The lowest BCUT2D eigenvalue weighted by atomic mass is 10.0. The molecule has 27 heavy (non-hydrogen) atoms. The van der Waals surface area contributed by atoms with Gasteiger partial charge in [-0.2, -0.15) is 0 Å². The van der Waals surface area contributed by atoms with Crippen molar-refractivity contribution in [2.45, 2.75) is 46.6 Å². The summed E-state index contributed by atoms with van der Waals surface area (Å²) in [6.07, 6.45) is 10.8. The van der Waals surface area contributed by atoms with Gasteiger partial charge in [-0.1, -0.05) is 55.8 Å². The summed E-state index contributed by atoms with van der Waals surface area (Å²) >= 11 is 0. The van der Waals surface area contributed by atoms with E-state index < -0.39 is 0 Å². The zero-order chi connectivity index (χ0) is 20.1. The van der Waals surface area contributed by atoms with Gasteiger partial charge in [0.1, 0.15) is 6.29 Å². The Bertz CT molecular complexity index is 784. The molecular formula is C23H29NO3. The zero-order valence-electron chi connectivity index (χ0n) is 16.4. The van der Waals surface area contributed by atoms with E-state index in [0.29, 0.717) is 11.1 Å². The van der Waals surface area contributed by atoms with Crippen LogP contribution in [0.1, 0.15) is 67.2 Å². The number of nitrogens with one attached hydrogen (secondary N) is 1. The van der Waals surface area contributed by atoms with E-state index in [1.807, 2.05) is 20.0 Å². The van der Waals surface area contributed by atoms with Crippen LogP contribution in [0.3, 0.4) is 0 Å². The standard InChI is InChI=1S/C11H12O3.C10H11N.C2H6/c12-7-3-6-11(14)10-5-2-1-4-9(10)8-13;1-8-3-2-4-10-9(7-8)5-6-11-10;1-2/h1-2,4-5,7,13H,3,6,8H2;2,4-7,11H,3H2,1H3;1-2H3. The van der Waals surface area contributed by atoms with Crippen LogP contribution >= 0.6 is 0 Å². The predicted molar refractivity (Wildman–Crippen MR) is 111 cm³/mol. The van der Waals surface area contributed by atoms with Crippen LogP contribution in [0.15, 0.2) is 48.2 Å². The number of carbonyl (C=O) groups excluding carboxylic acids is 2. The number of aliphatic hydroxyl groups excluding tert-OH is 1. The number of aromatic amines is 1. The first-order valence-corrected chi connectivity index (χ1v) is 9.32. The van der Waals surface area contributed by atoms with Crippen LogP contribution in [0.25, 0.3) is 12.2 Å². The average Bonchev–Trinajstić information content (AvgIpc) is 3.07. The van der Waals surface area contributed by atoms with Crippen molar-refractivity contribution in [2.75, 3.05) is 0 Å². The van der Waals surface area contributed by atoms with Gasteiger partial charge in [0.25, 0.3) is 0 Å². The highest BCUT2D eigenvalue weighted by molar-refractivity contribution is 5.98. The number of allylic oxidation sites excluding steroid dienone is 2. The van der Waals surface area contributed by atoms with Gasteiger partial charge in [0, 0.05) is 30.3 Å². The second-order valence-electron chi connectivity index (χ2n) is 5.89. The number of aromatic nitrogens is 1. The molecule has 0 aliphatic heterocycles. The monoisotopic (exact) mass is 367 g/mol. The summed E-state index contributed by atoms with van der Waals surface area (Å²) in [6, 6.07) is 8.98. The number of ketones is 1. The Balaban J connectivity index is 0.000000252. The number of hydrogen-bond acceptors (Lipinski definition) is 3. The van der Waals surface area contributed by atoms with Crippen LogP contribution in [-0.2, 0) is 11.4 Å². The minimum absolute atomic E-state index is 0.0956. The maximum Gasteiger partial charge on any atom is 0.163 e. The Morgan fingerprint density at radius 2 is 1.96 bits per heavy atom. The zero-order valence-corrected chi connectivity index (χ0v) is 16.4. The number of aldehydes is 1. The van der Waals surface area contributed by atoms with Gasteiger partial charge in [-0.3, -0.25) is 4.79 Å². The van der Waals surface area contributed by atoms with Gasteiger partial charge in [-0.15, -0.1) is 0 Å². The van der Waals surface area contributed by atoms with E-state index in [1.54, 1.807) is 24.3 Å². The van der Waals surface area contributed by atoms with Gasteiger partial charge in [0.05, 0.1) is 6.61 Å². The smallest absolute Gasteiger partial charge is 0.163 e. The number of H-pyrrole nitrogens is 1. The lowest BCUT2D eigenvalue weighted by Crippen LogP contribution is -2.03. The topological polar surface area (TPSA) is 70.2 Å². The van der Waals surface area contributed by atoms with Gasteiger partial charge < -0.3 is 14.9 Å². The number of benzene rings is 1. The molecule has 144 valence electrons. The fourth-order valence-electron chi connectivity index (χ4n) is 2.61. The van der Waals surface area contributed by atoms with Gasteiger partial charge >= 0.3 is 0 Å². The molecule has 1 aliphatic carbocycles. The first-order chi connectivity index (χ1) is 13.2. The summed E-state index contributed by atoms with van der Waals surface area (Å²) < 4.78 is 0. The minimum atomic E-state index is -0.150. The van der Waals surface area contributed by atoms with E-state index in [9.17, 15) is 9.59 Å². The molecule has 0 unspecified atom stereocenters. The number of carbonyl (C=O) groups is 2. The molecule has 1 aliphatic rings. The normalized spacial score (nSPS) is 11.6. The van der Waals surface area contributed by atoms with Crippen molar-refractivity contribution in [1.82, 2.24) is 4.98 Å². The molecule has 3 rings (SSSR count). The van der Waals surface area contributed by atoms with Crippen molar-refractivity contribution < 1.29 is 14.7 Å². The number of hydrogen-bond donors (Lipinski definition) is 2. The third-order valence-corrected chi connectivity index (χ3v) is 3.92. The molecule has 2 N–H and O–H groups in total. The van der Waals surface area contributed by atoms with Crippen molar-refractivity contribution in [2.24, 2.45) is 0 Å². The molecule has 1 aromatic heterocycles. The van der Waals surface area contributed by atoms with Crippen molar-refractivity contribution in [3.8, 4) is 0 Å². The molecule has 0 saturated heterocycles. The molecule has 0 amide bonds. The van der Waals surface area contributed by atoms with Crippen molar-refractivity contribution in [3.05, 3.63) is 70.6 Å². The van der Waals surface area contributed by atoms with Crippen LogP contribution in [0.4, 0.5) is 0 Å². The Morgan fingerprint density at radius 3 is 2.67 bits per heavy atom. The number of Topliss-reactive ketones (excluding diaryl/α,β-unsaturated/α-hetero) is 1. The van der Waals surface area contributed by atoms with E-state index >= 15 is 0 Å². The SMILES string of the molecule is CC.CC1=Cc2cc[nH]c2C=CC1.O=CCCC(=O)c1ccccc1CO. The summed E-state index contributed by atoms with van der Waals surface area (Å²) in [5.41, 5.74) is 5.07. The number of aliphatic hydroxyl groups is 1. The molecule has 0 bridgehead atoms. The second-order valence-corrected chi connectivity index (χ2v) is 5.89. The average molecular weight is 367 g/mol. The molecule has 0 atom stereocenters. The third kappa shape index (κ3) is 7.19. The van der Waals surface area contributed by atoms with E-state index in [1.165, 1.54) is 16.8 Å².